The molecule has 1 unspecified atom stereocenters. The number of aliphatic hydroxyl groups is 1. The van der Waals surface area contributed by atoms with E-state index in [2.05, 4.69) is 0 Å². The van der Waals surface area contributed by atoms with E-state index in [9.17, 15) is 19.5 Å². The Balaban J connectivity index is 1.61. The highest BCUT2D eigenvalue weighted by atomic mass is 16.5. The van der Waals surface area contributed by atoms with Crippen molar-refractivity contribution in [2.45, 2.75) is 88.6 Å². The maximum atomic E-state index is 14.3. The zero-order valence-electron chi connectivity index (χ0n) is 21.2. The average Bonchev–Trinajstić information content (AvgIpc) is 3.13. The van der Waals surface area contributed by atoms with Crippen LogP contribution in [0.5, 0.6) is 0 Å². The maximum absolute atomic E-state index is 14.3. The molecule has 192 valence electrons. The topological polar surface area (TPSA) is 90.4 Å². The Kier molecular flexibility index (Phi) is 6.33. The highest BCUT2D eigenvalue weighted by Gasteiger charge is 2.75. The third-order valence-corrected chi connectivity index (χ3v) is 8.86. The lowest BCUT2D eigenvalue weighted by Crippen LogP contribution is -2.59. The van der Waals surface area contributed by atoms with Crippen LogP contribution < -0.4 is 0 Å². The number of nitrogens with zero attached hydrogens (tertiary/aromatic N) is 3. The molecule has 0 aromatic rings. The van der Waals surface area contributed by atoms with Crippen molar-refractivity contribution in [3.8, 4) is 0 Å². The highest BCUT2D eigenvalue weighted by molar-refractivity contribution is 6.00. The normalized spacial score (nSPS) is 38.3. The molecule has 0 bridgehead atoms. The number of aliphatic hydroxyl groups excluding tert-OH is 1. The number of ether oxygens (including phenoxy) is 1. The van der Waals surface area contributed by atoms with Gasteiger partial charge in [-0.15, -0.1) is 0 Å². The summed E-state index contributed by atoms with van der Waals surface area (Å²) in [5.41, 5.74) is -2.23. The molecule has 6 atom stereocenters. The van der Waals surface area contributed by atoms with E-state index in [1.54, 1.807) is 11.8 Å². The summed E-state index contributed by atoms with van der Waals surface area (Å²) in [7, 11) is 0. The standard InChI is InChI=1S/C27H39N3O5/c1-4-14-28-15-8-12-26(3)20(23(28)32)21-24(33)30(18(2)17-31)22-25(34)29(19-10-6-5-7-11-19)16-9-13-27(21,22)35-26/h8-9,12-13,18-22,31H,4-7,10-11,14-17H2,1-3H3/t18-,20-,21+,22?,26+,27+/m1/s1. The lowest BCUT2D eigenvalue weighted by atomic mass is 9.74. The molecule has 8 nitrogen and oxygen atoms in total. The first-order valence-corrected chi connectivity index (χ1v) is 13.4. The fourth-order valence-electron chi connectivity index (χ4n) is 7.28. The Morgan fingerprint density at radius 3 is 2.43 bits per heavy atom. The van der Waals surface area contributed by atoms with Crippen LogP contribution in [0.2, 0.25) is 0 Å². The minimum absolute atomic E-state index is 0.0962. The van der Waals surface area contributed by atoms with E-state index in [1.165, 1.54) is 11.3 Å². The van der Waals surface area contributed by atoms with Gasteiger partial charge in [0.25, 0.3) is 0 Å². The smallest absolute Gasteiger partial charge is 0.249 e. The molecule has 4 heterocycles. The second kappa shape index (κ2) is 9.04. The highest BCUT2D eigenvalue weighted by Crippen LogP contribution is 2.58. The summed E-state index contributed by atoms with van der Waals surface area (Å²) in [4.78, 5) is 47.5. The molecule has 1 N–H and O–H groups in total. The van der Waals surface area contributed by atoms with Crippen molar-refractivity contribution in [1.82, 2.24) is 14.7 Å². The Bertz CT molecular complexity index is 943. The Labute approximate surface area is 207 Å². The first kappa shape index (κ1) is 24.5. The van der Waals surface area contributed by atoms with Crippen LogP contribution in [0.4, 0.5) is 0 Å². The van der Waals surface area contributed by atoms with E-state index in [4.69, 9.17) is 4.74 Å². The monoisotopic (exact) mass is 485 g/mol. The van der Waals surface area contributed by atoms with Crippen LogP contribution in [0.15, 0.2) is 24.3 Å². The van der Waals surface area contributed by atoms with Gasteiger partial charge in [0, 0.05) is 25.7 Å². The van der Waals surface area contributed by atoms with Crippen LogP contribution in [0.25, 0.3) is 0 Å². The van der Waals surface area contributed by atoms with Gasteiger partial charge in [-0.2, -0.15) is 0 Å². The van der Waals surface area contributed by atoms with Crippen molar-refractivity contribution in [3.63, 3.8) is 0 Å². The predicted octanol–water partition coefficient (Wildman–Crippen LogP) is 1.88. The molecule has 2 saturated heterocycles. The van der Waals surface area contributed by atoms with Crippen LogP contribution in [0, 0.1) is 11.8 Å². The average molecular weight is 486 g/mol. The van der Waals surface area contributed by atoms with Crippen molar-refractivity contribution in [3.05, 3.63) is 24.3 Å². The second-order valence-corrected chi connectivity index (χ2v) is 11.1. The van der Waals surface area contributed by atoms with Crippen LogP contribution in [-0.4, -0.2) is 93.1 Å². The van der Waals surface area contributed by atoms with E-state index in [0.717, 1.165) is 32.1 Å². The Hall–Kier alpha value is -2.19. The first-order chi connectivity index (χ1) is 16.8. The quantitative estimate of drug-likeness (QED) is 0.601. The Morgan fingerprint density at radius 2 is 1.74 bits per heavy atom. The molecular formula is C27H39N3O5. The maximum Gasteiger partial charge on any atom is 0.249 e. The summed E-state index contributed by atoms with van der Waals surface area (Å²) in [6, 6.07) is -1.32. The van der Waals surface area contributed by atoms with Gasteiger partial charge >= 0.3 is 0 Å². The van der Waals surface area contributed by atoms with E-state index in [0.29, 0.717) is 19.6 Å². The first-order valence-electron chi connectivity index (χ1n) is 13.4. The van der Waals surface area contributed by atoms with Gasteiger partial charge in [0.1, 0.15) is 11.6 Å². The number of rotatable bonds is 5. The number of likely N-dealkylation sites (tertiary alicyclic amines) is 1. The van der Waals surface area contributed by atoms with Gasteiger partial charge in [0.05, 0.1) is 30.1 Å². The summed E-state index contributed by atoms with van der Waals surface area (Å²) >= 11 is 0. The van der Waals surface area contributed by atoms with E-state index in [-0.39, 0.29) is 30.4 Å². The molecule has 0 aromatic heterocycles. The molecule has 1 spiro atoms. The summed E-state index contributed by atoms with van der Waals surface area (Å²) < 4.78 is 6.81. The van der Waals surface area contributed by atoms with E-state index < -0.39 is 35.1 Å². The van der Waals surface area contributed by atoms with Crippen molar-refractivity contribution in [2.75, 3.05) is 26.2 Å². The number of hydrogen-bond acceptors (Lipinski definition) is 5. The zero-order valence-corrected chi connectivity index (χ0v) is 21.2. The molecule has 1 aliphatic carbocycles. The minimum atomic E-state index is -1.24. The summed E-state index contributed by atoms with van der Waals surface area (Å²) in [5, 5.41) is 10.1. The van der Waals surface area contributed by atoms with Gasteiger partial charge in [0.15, 0.2) is 0 Å². The third-order valence-electron chi connectivity index (χ3n) is 8.86. The lowest BCUT2D eigenvalue weighted by molar-refractivity contribution is -0.156. The van der Waals surface area contributed by atoms with Crippen molar-refractivity contribution in [1.29, 1.82) is 0 Å². The van der Waals surface area contributed by atoms with Gasteiger partial charge in [-0.1, -0.05) is 50.5 Å². The Morgan fingerprint density at radius 1 is 1.03 bits per heavy atom. The van der Waals surface area contributed by atoms with Gasteiger partial charge in [-0.05, 0) is 33.1 Å². The van der Waals surface area contributed by atoms with Gasteiger partial charge in [-0.3, -0.25) is 14.4 Å². The number of fused-ring (bicyclic) bond motifs is 2. The molecule has 35 heavy (non-hydrogen) atoms. The fourth-order valence-corrected chi connectivity index (χ4v) is 7.28. The summed E-state index contributed by atoms with van der Waals surface area (Å²) in [6.07, 6.45) is 13.8. The largest absolute Gasteiger partial charge is 0.394 e. The van der Waals surface area contributed by atoms with Gasteiger partial charge in [0.2, 0.25) is 17.7 Å². The van der Waals surface area contributed by atoms with Crippen LogP contribution in [0.1, 0.15) is 59.3 Å². The van der Waals surface area contributed by atoms with E-state index in [1.807, 2.05) is 43.1 Å². The number of carbonyl (C=O) groups is 3. The molecular weight excluding hydrogens is 446 g/mol. The molecule has 4 aliphatic heterocycles. The molecule has 0 radical (unpaired) electrons. The van der Waals surface area contributed by atoms with Crippen LogP contribution >= 0.6 is 0 Å². The molecule has 5 aliphatic rings. The van der Waals surface area contributed by atoms with Crippen molar-refractivity contribution in [2.24, 2.45) is 11.8 Å². The number of carbonyl (C=O) groups excluding carboxylic acids is 3. The van der Waals surface area contributed by atoms with Crippen LogP contribution in [0.3, 0.4) is 0 Å². The number of hydrogen-bond donors (Lipinski definition) is 1. The lowest BCUT2D eigenvalue weighted by Gasteiger charge is -2.41. The SMILES string of the molecule is CCCN1CC=C[C@]2(C)O[C@]34C=CCN(C5CCCCC5)C(=O)C3N([C@H](C)CO)C(=O)[C@@H]4[C@@H]2C1=O. The van der Waals surface area contributed by atoms with Crippen molar-refractivity contribution >= 4 is 17.7 Å². The van der Waals surface area contributed by atoms with Crippen LogP contribution in [-0.2, 0) is 19.1 Å². The minimum Gasteiger partial charge on any atom is -0.394 e. The van der Waals surface area contributed by atoms with Gasteiger partial charge < -0.3 is 24.5 Å². The predicted molar refractivity (Wildman–Crippen MR) is 130 cm³/mol. The van der Waals surface area contributed by atoms with Gasteiger partial charge in [-0.25, -0.2) is 0 Å². The molecule has 3 fully saturated rings. The fraction of sp³-hybridized carbons (Fsp3) is 0.741. The summed E-state index contributed by atoms with van der Waals surface area (Å²) in [6.45, 7) is 6.97. The second-order valence-electron chi connectivity index (χ2n) is 11.1. The molecule has 1 saturated carbocycles. The molecule has 8 heteroatoms. The molecule has 3 amide bonds. The van der Waals surface area contributed by atoms with E-state index >= 15 is 0 Å². The number of amides is 3. The zero-order chi connectivity index (χ0) is 25.0. The molecule has 0 aromatic carbocycles. The van der Waals surface area contributed by atoms with Crippen molar-refractivity contribution < 1.29 is 24.2 Å². The third kappa shape index (κ3) is 3.58. The summed E-state index contributed by atoms with van der Waals surface area (Å²) in [5.74, 6) is -2.03. The molecule has 5 rings (SSSR count).